The fraction of sp³-hybridized carbons (Fsp3) is 0. The van der Waals surface area contributed by atoms with Gasteiger partial charge in [0.25, 0.3) is 0 Å². The SMILES string of the molecule is c1csc(-c2nnn(-c3ncnc4sccc34)n2)c1. The summed E-state index contributed by atoms with van der Waals surface area (Å²) in [5, 5.41) is 17.4. The normalized spacial score (nSPS) is 11.2. The van der Waals surface area contributed by atoms with E-state index < -0.39 is 0 Å². The van der Waals surface area contributed by atoms with Crippen molar-refractivity contribution in [3.63, 3.8) is 0 Å². The number of tetrazole rings is 1. The van der Waals surface area contributed by atoms with Gasteiger partial charge in [-0.3, -0.25) is 0 Å². The monoisotopic (exact) mass is 286 g/mol. The van der Waals surface area contributed by atoms with Crippen LogP contribution < -0.4 is 0 Å². The topological polar surface area (TPSA) is 69.4 Å². The zero-order chi connectivity index (χ0) is 12.7. The zero-order valence-corrected chi connectivity index (χ0v) is 11.1. The van der Waals surface area contributed by atoms with Crippen molar-refractivity contribution in [2.75, 3.05) is 0 Å². The van der Waals surface area contributed by atoms with Gasteiger partial charge in [-0.2, -0.15) is 0 Å². The van der Waals surface area contributed by atoms with Gasteiger partial charge in [-0.1, -0.05) is 6.07 Å². The third-order valence-corrected chi connectivity index (χ3v) is 4.27. The van der Waals surface area contributed by atoms with Crippen molar-refractivity contribution in [3.8, 4) is 16.5 Å². The van der Waals surface area contributed by atoms with Gasteiger partial charge in [0.15, 0.2) is 5.82 Å². The number of rotatable bonds is 2. The maximum Gasteiger partial charge on any atom is 0.215 e. The first-order chi connectivity index (χ1) is 9.42. The Bertz CT molecular complexity index is 832. The van der Waals surface area contributed by atoms with Gasteiger partial charge in [-0.05, 0) is 28.1 Å². The summed E-state index contributed by atoms with van der Waals surface area (Å²) in [7, 11) is 0. The Balaban J connectivity index is 1.87. The maximum atomic E-state index is 4.37. The number of thiophene rings is 2. The van der Waals surface area contributed by atoms with E-state index in [2.05, 4.69) is 25.4 Å². The molecule has 92 valence electrons. The van der Waals surface area contributed by atoms with Crippen LogP contribution in [-0.4, -0.2) is 30.2 Å². The lowest BCUT2D eigenvalue weighted by atomic mass is 10.4. The number of aromatic nitrogens is 6. The van der Waals surface area contributed by atoms with Gasteiger partial charge in [0.05, 0.1) is 10.3 Å². The van der Waals surface area contributed by atoms with Crippen molar-refractivity contribution in [2.45, 2.75) is 0 Å². The second kappa shape index (κ2) is 4.18. The summed E-state index contributed by atoms with van der Waals surface area (Å²) in [4.78, 5) is 11.8. The highest BCUT2D eigenvalue weighted by Gasteiger charge is 2.12. The lowest BCUT2D eigenvalue weighted by molar-refractivity contribution is 0.705. The van der Waals surface area contributed by atoms with E-state index in [0.29, 0.717) is 11.6 Å². The van der Waals surface area contributed by atoms with Gasteiger partial charge >= 0.3 is 0 Å². The molecule has 0 aliphatic carbocycles. The summed E-state index contributed by atoms with van der Waals surface area (Å²) in [6, 6.07) is 5.89. The van der Waals surface area contributed by atoms with Crippen molar-refractivity contribution < 1.29 is 0 Å². The van der Waals surface area contributed by atoms with Crippen LogP contribution in [0.5, 0.6) is 0 Å². The number of hydrogen-bond acceptors (Lipinski definition) is 7. The summed E-state index contributed by atoms with van der Waals surface area (Å²) in [5.74, 6) is 1.26. The smallest absolute Gasteiger partial charge is 0.215 e. The zero-order valence-electron chi connectivity index (χ0n) is 9.46. The van der Waals surface area contributed by atoms with Crippen LogP contribution >= 0.6 is 22.7 Å². The van der Waals surface area contributed by atoms with Crippen molar-refractivity contribution in [2.24, 2.45) is 0 Å². The fourth-order valence-electron chi connectivity index (χ4n) is 1.74. The average molecular weight is 286 g/mol. The first kappa shape index (κ1) is 10.7. The molecule has 0 fully saturated rings. The van der Waals surface area contributed by atoms with Crippen molar-refractivity contribution >= 4 is 32.9 Å². The van der Waals surface area contributed by atoms with E-state index in [1.807, 2.05) is 29.0 Å². The quantitative estimate of drug-likeness (QED) is 0.566. The van der Waals surface area contributed by atoms with Gasteiger partial charge in [-0.15, -0.1) is 37.7 Å². The second-order valence-corrected chi connectivity index (χ2v) is 5.56. The predicted molar refractivity (Wildman–Crippen MR) is 73.4 cm³/mol. The van der Waals surface area contributed by atoms with Crippen LogP contribution in [-0.2, 0) is 0 Å². The Hall–Kier alpha value is -2.19. The summed E-state index contributed by atoms with van der Waals surface area (Å²) >= 11 is 3.14. The lowest BCUT2D eigenvalue weighted by Gasteiger charge is -1.97. The molecule has 19 heavy (non-hydrogen) atoms. The Morgan fingerprint density at radius 1 is 1.05 bits per heavy atom. The first-order valence-electron chi connectivity index (χ1n) is 5.44. The summed E-state index contributed by atoms with van der Waals surface area (Å²) in [6.07, 6.45) is 1.52. The van der Waals surface area contributed by atoms with Crippen LogP contribution in [0.15, 0.2) is 35.3 Å². The van der Waals surface area contributed by atoms with E-state index >= 15 is 0 Å². The summed E-state index contributed by atoms with van der Waals surface area (Å²) in [6.45, 7) is 0. The van der Waals surface area contributed by atoms with Gasteiger partial charge in [0, 0.05) is 0 Å². The van der Waals surface area contributed by atoms with Gasteiger partial charge in [-0.25, -0.2) is 9.97 Å². The highest BCUT2D eigenvalue weighted by Crippen LogP contribution is 2.23. The molecule has 6 nitrogen and oxygen atoms in total. The van der Waals surface area contributed by atoms with E-state index in [9.17, 15) is 0 Å². The highest BCUT2D eigenvalue weighted by atomic mass is 32.1. The largest absolute Gasteiger partial charge is 0.225 e. The molecular formula is C11H6N6S2. The van der Waals surface area contributed by atoms with Crippen molar-refractivity contribution in [1.82, 2.24) is 30.2 Å². The van der Waals surface area contributed by atoms with Crippen LogP contribution in [0.3, 0.4) is 0 Å². The second-order valence-electron chi connectivity index (χ2n) is 3.72. The van der Waals surface area contributed by atoms with Crippen LogP contribution in [0.2, 0.25) is 0 Å². The number of fused-ring (bicyclic) bond motifs is 1. The van der Waals surface area contributed by atoms with E-state index in [1.54, 1.807) is 22.7 Å². The van der Waals surface area contributed by atoms with Gasteiger partial charge < -0.3 is 0 Å². The third kappa shape index (κ3) is 1.72. The molecule has 0 spiro atoms. The van der Waals surface area contributed by atoms with Gasteiger partial charge in [0.1, 0.15) is 11.2 Å². The standard InChI is InChI=1S/C11H6N6S2/c1-2-8(18-4-1)9-14-16-17(15-9)10-7-3-5-19-11(7)13-6-12-10/h1-6H. The van der Waals surface area contributed by atoms with Crippen LogP contribution in [0, 0.1) is 0 Å². The van der Waals surface area contributed by atoms with E-state index in [1.165, 1.54) is 11.1 Å². The molecule has 8 heteroatoms. The fourth-order valence-corrected chi connectivity index (χ4v) is 3.12. The average Bonchev–Trinajstić information content (AvgIpc) is 3.18. The molecule has 0 amide bonds. The van der Waals surface area contributed by atoms with E-state index in [0.717, 1.165) is 15.1 Å². The molecule has 0 unspecified atom stereocenters. The molecule has 0 aromatic carbocycles. The first-order valence-corrected chi connectivity index (χ1v) is 7.20. The Labute approximate surface area is 115 Å². The molecule has 0 bridgehead atoms. The lowest BCUT2D eigenvalue weighted by Crippen LogP contribution is -2.02. The summed E-state index contributed by atoms with van der Waals surface area (Å²) in [5.41, 5.74) is 0. The molecule has 0 saturated carbocycles. The minimum absolute atomic E-state index is 0.608. The van der Waals surface area contributed by atoms with Crippen LogP contribution in [0.4, 0.5) is 0 Å². The molecule has 0 aliphatic heterocycles. The Kier molecular flexibility index (Phi) is 2.35. The molecule has 0 aliphatic rings. The molecule has 0 atom stereocenters. The molecule has 0 saturated heterocycles. The Morgan fingerprint density at radius 2 is 2.05 bits per heavy atom. The molecule has 4 rings (SSSR count). The minimum Gasteiger partial charge on any atom is -0.225 e. The van der Waals surface area contributed by atoms with Crippen molar-refractivity contribution in [1.29, 1.82) is 0 Å². The molecule has 0 radical (unpaired) electrons. The Morgan fingerprint density at radius 3 is 2.95 bits per heavy atom. The molecule has 4 aromatic heterocycles. The molecule has 4 heterocycles. The number of nitrogens with zero attached hydrogens (tertiary/aromatic N) is 6. The molecule has 4 aromatic rings. The van der Waals surface area contributed by atoms with Crippen LogP contribution in [0.1, 0.15) is 0 Å². The molecular weight excluding hydrogens is 280 g/mol. The third-order valence-electron chi connectivity index (χ3n) is 2.59. The van der Waals surface area contributed by atoms with Crippen molar-refractivity contribution in [3.05, 3.63) is 35.3 Å². The summed E-state index contributed by atoms with van der Waals surface area (Å²) < 4.78 is 0. The predicted octanol–water partition coefficient (Wildman–Crippen LogP) is 2.40. The number of hydrogen-bond donors (Lipinski definition) is 0. The van der Waals surface area contributed by atoms with Crippen LogP contribution in [0.25, 0.3) is 26.7 Å². The highest BCUT2D eigenvalue weighted by molar-refractivity contribution is 7.16. The van der Waals surface area contributed by atoms with Gasteiger partial charge in [0.2, 0.25) is 5.82 Å². The van der Waals surface area contributed by atoms with E-state index in [4.69, 9.17) is 0 Å². The van der Waals surface area contributed by atoms with E-state index in [-0.39, 0.29) is 0 Å². The minimum atomic E-state index is 0.608. The maximum absolute atomic E-state index is 4.37. The molecule has 0 N–H and O–H groups in total.